The van der Waals surface area contributed by atoms with E-state index in [1.54, 1.807) is 11.1 Å². The molecule has 2 heterocycles. The first kappa shape index (κ1) is 17.7. The summed E-state index contributed by atoms with van der Waals surface area (Å²) in [6.07, 6.45) is 3.52. The van der Waals surface area contributed by atoms with Crippen LogP contribution in [0.3, 0.4) is 0 Å². The average Bonchev–Trinajstić information content (AvgIpc) is 3.12. The molecule has 3 rings (SSSR count). The summed E-state index contributed by atoms with van der Waals surface area (Å²) < 4.78 is 6.56. The van der Waals surface area contributed by atoms with E-state index in [1.165, 1.54) is 0 Å². The smallest absolute Gasteiger partial charge is 0.411 e. The number of nitrogens with zero attached hydrogens (tertiary/aromatic N) is 2. The molecule has 1 aliphatic heterocycles. The minimum absolute atomic E-state index is 0.237. The van der Waals surface area contributed by atoms with E-state index < -0.39 is 5.60 Å². The van der Waals surface area contributed by atoms with Crippen LogP contribution in [-0.4, -0.2) is 33.1 Å². The van der Waals surface area contributed by atoms with Gasteiger partial charge in [-0.15, -0.1) is 0 Å². The second kappa shape index (κ2) is 6.67. The highest BCUT2D eigenvalue weighted by molar-refractivity contribution is 9.10. The van der Waals surface area contributed by atoms with Gasteiger partial charge in [-0.1, -0.05) is 39.7 Å². The Hall–Kier alpha value is -2.08. The maximum Gasteiger partial charge on any atom is 0.411 e. The first-order valence-electron chi connectivity index (χ1n) is 8.21. The second-order valence-corrected chi connectivity index (χ2v) is 8.17. The Balaban J connectivity index is 1.84. The van der Waals surface area contributed by atoms with Crippen LogP contribution in [0, 0.1) is 0 Å². The molecule has 2 aromatic rings. The molecule has 0 unspecified atom stereocenters. The quantitative estimate of drug-likeness (QED) is 0.711. The second-order valence-electron chi connectivity index (χ2n) is 7.26. The minimum Gasteiger partial charge on any atom is -0.444 e. The summed E-state index contributed by atoms with van der Waals surface area (Å²) in [6.45, 7) is 8.17. The Morgan fingerprint density at radius 2 is 2.00 bits per heavy atom. The lowest BCUT2D eigenvalue weighted by Gasteiger charge is -2.27. The van der Waals surface area contributed by atoms with Crippen LogP contribution in [0.15, 0.2) is 46.6 Å². The fourth-order valence-corrected chi connectivity index (χ4v) is 3.03. The maximum atomic E-state index is 12.5. The number of carbonyl (C=O) groups is 1. The van der Waals surface area contributed by atoms with Crippen LogP contribution in [0.5, 0.6) is 0 Å². The highest BCUT2D eigenvalue weighted by Crippen LogP contribution is 2.31. The first-order valence-corrected chi connectivity index (χ1v) is 9.00. The highest BCUT2D eigenvalue weighted by atomic mass is 79.9. The Kier molecular flexibility index (Phi) is 4.73. The van der Waals surface area contributed by atoms with Crippen molar-refractivity contribution in [2.45, 2.75) is 39.3 Å². The number of hydrogen-bond donors (Lipinski definition) is 1. The molecule has 6 heteroatoms. The molecule has 25 heavy (non-hydrogen) atoms. The number of rotatable bonds is 2. The monoisotopic (exact) mass is 403 g/mol. The molecule has 5 nitrogen and oxygen atoms in total. The number of halogens is 1. The van der Waals surface area contributed by atoms with Crippen molar-refractivity contribution in [2.75, 3.05) is 6.54 Å². The number of H-pyrrole nitrogens is 1. The molecular formula is C19H22BrN3O2. The number of benzene rings is 1. The van der Waals surface area contributed by atoms with E-state index in [2.05, 4.69) is 25.9 Å². The number of hydrogen-bond acceptors (Lipinski definition) is 3. The van der Waals surface area contributed by atoms with Gasteiger partial charge >= 0.3 is 6.09 Å². The SMILES string of the molecule is CC1=C[C@@H](c2ncc(-c3ccc(Br)cc3)[nH]2)N(C(=O)OC(C)(C)C)C1. The molecule has 0 bridgehead atoms. The number of amides is 1. The number of imidazole rings is 1. The molecule has 0 saturated heterocycles. The van der Waals surface area contributed by atoms with Crippen molar-refractivity contribution in [3.8, 4) is 11.3 Å². The molecule has 0 aliphatic carbocycles. The third kappa shape index (κ3) is 4.12. The van der Waals surface area contributed by atoms with Gasteiger partial charge in [0.15, 0.2) is 0 Å². The van der Waals surface area contributed by atoms with E-state index in [0.29, 0.717) is 6.54 Å². The van der Waals surface area contributed by atoms with Crippen LogP contribution < -0.4 is 0 Å². The lowest BCUT2D eigenvalue weighted by molar-refractivity contribution is 0.0233. The summed E-state index contributed by atoms with van der Waals surface area (Å²) >= 11 is 3.44. The zero-order valence-corrected chi connectivity index (χ0v) is 16.4. The normalized spacial score (nSPS) is 17.6. The van der Waals surface area contributed by atoms with E-state index >= 15 is 0 Å². The van der Waals surface area contributed by atoms with Crippen LogP contribution in [0.25, 0.3) is 11.3 Å². The fraction of sp³-hybridized carbons (Fsp3) is 0.368. The van der Waals surface area contributed by atoms with Crippen LogP contribution in [0.1, 0.15) is 39.6 Å². The molecule has 132 valence electrons. The average molecular weight is 404 g/mol. The van der Waals surface area contributed by atoms with Crippen LogP contribution in [0.2, 0.25) is 0 Å². The number of ether oxygens (including phenoxy) is 1. The molecule has 0 fully saturated rings. The van der Waals surface area contributed by atoms with Gasteiger partial charge in [0.2, 0.25) is 0 Å². The zero-order valence-electron chi connectivity index (χ0n) is 14.8. The predicted molar refractivity (Wildman–Crippen MR) is 101 cm³/mol. The van der Waals surface area contributed by atoms with Crippen molar-refractivity contribution in [2.24, 2.45) is 0 Å². The van der Waals surface area contributed by atoms with Crippen LogP contribution >= 0.6 is 15.9 Å². The topological polar surface area (TPSA) is 58.2 Å². The van der Waals surface area contributed by atoms with Gasteiger partial charge in [-0.05, 0) is 45.4 Å². The zero-order chi connectivity index (χ0) is 18.2. The fourth-order valence-electron chi connectivity index (χ4n) is 2.77. The Bertz CT molecular complexity index is 803. The molecule has 1 aromatic heterocycles. The van der Waals surface area contributed by atoms with E-state index in [0.717, 1.165) is 27.1 Å². The van der Waals surface area contributed by atoms with Crippen molar-refractivity contribution in [3.05, 3.63) is 52.4 Å². The summed E-state index contributed by atoms with van der Waals surface area (Å²) in [5.74, 6) is 0.737. The standard InChI is InChI=1S/C19H22BrN3O2/c1-12-9-16(23(11-12)18(24)25-19(2,3)4)17-21-10-15(22-17)13-5-7-14(20)8-6-13/h5-10,16H,11H2,1-4H3,(H,21,22)/t16-/m0/s1. The summed E-state index contributed by atoms with van der Waals surface area (Å²) in [6, 6.07) is 7.77. The Morgan fingerprint density at radius 3 is 2.64 bits per heavy atom. The molecule has 0 spiro atoms. The largest absolute Gasteiger partial charge is 0.444 e. The number of aromatic nitrogens is 2. The lowest BCUT2D eigenvalue weighted by atomic mass is 10.2. The molecule has 0 radical (unpaired) electrons. The van der Waals surface area contributed by atoms with E-state index in [4.69, 9.17) is 4.74 Å². The molecule has 1 N–H and O–H groups in total. The number of nitrogens with one attached hydrogen (secondary N) is 1. The number of carbonyl (C=O) groups excluding carboxylic acids is 1. The Morgan fingerprint density at radius 1 is 1.32 bits per heavy atom. The molecule has 1 amide bonds. The summed E-state index contributed by atoms with van der Waals surface area (Å²) in [7, 11) is 0. The summed E-state index contributed by atoms with van der Waals surface area (Å²) in [4.78, 5) is 22.1. The van der Waals surface area contributed by atoms with E-state index in [9.17, 15) is 4.79 Å². The third-order valence-electron chi connectivity index (χ3n) is 3.86. The van der Waals surface area contributed by atoms with Gasteiger partial charge in [-0.25, -0.2) is 9.78 Å². The maximum absolute atomic E-state index is 12.5. The molecule has 1 aromatic carbocycles. The molecule has 1 aliphatic rings. The predicted octanol–water partition coefficient (Wildman–Crippen LogP) is 5.08. The van der Waals surface area contributed by atoms with E-state index in [1.807, 2.05) is 58.0 Å². The molecular weight excluding hydrogens is 382 g/mol. The van der Waals surface area contributed by atoms with Crippen molar-refractivity contribution < 1.29 is 9.53 Å². The van der Waals surface area contributed by atoms with Gasteiger partial charge in [-0.2, -0.15) is 0 Å². The van der Waals surface area contributed by atoms with Crippen LogP contribution in [0.4, 0.5) is 4.79 Å². The summed E-state index contributed by atoms with van der Waals surface area (Å²) in [5, 5.41) is 0. The van der Waals surface area contributed by atoms with Crippen molar-refractivity contribution in [1.82, 2.24) is 14.9 Å². The highest BCUT2D eigenvalue weighted by Gasteiger charge is 2.33. The number of aromatic amines is 1. The van der Waals surface area contributed by atoms with Crippen molar-refractivity contribution in [1.29, 1.82) is 0 Å². The van der Waals surface area contributed by atoms with Gasteiger partial charge in [0.1, 0.15) is 17.5 Å². The van der Waals surface area contributed by atoms with Crippen molar-refractivity contribution >= 4 is 22.0 Å². The lowest BCUT2D eigenvalue weighted by Crippen LogP contribution is -2.37. The van der Waals surface area contributed by atoms with Crippen LogP contribution in [-0.2, 0) is 4.74 Å². The van der Waals surface area contributed by atoms with Gasteiger partial charge < -0.3 is 9.72 Å². The minimum atomic E-state index is -0.524. The van der Waals surface area contributed by atoms with Gasteiger partial charge in [-0.3, -0.25) is 4.90 Å². The van der Waals surface area contributed by atoms with Gasteiger partial charge in [0, 0.05) is 11.0 Å². The summed E-state index contributed by atoms with van der Waals surface area (Å²) in [5.41, 5.74) is 2.57. The third-order valence-corrected chi connectivity index (χ3v) is 4.39. The first-order chi connectivity index (χ1) is 11.7. The Labute approximate surface area is 156 Å². The van der Waals surface area contributed by atoms with Crippen molar-refractivity contribution in [3.63, 3.8) is 0 Å². The van der Waals surface area contributed by atoms with Gasteiger partial charge in [0.25, 0.3) is 0 Å². The van der Waals surface area contributed by atoms with E-state index in [-0.39, 0.29) is 12.1 Å². The molecule has 1 atom stereocenters. The van der Waals surface area contributed by atoms with Gasteiger partial charge in [0.05, 0.1) is 11.9 Å². The molecule has 0 saturated carbocycles.